The number of aromatic nitrogens is 5. The molecule has 2 saturated heterocycles. The van der Waals surface area contributed by atoms with Gasteiger partial charge in [0.2, 0.25) is 0 Å². The SMILES string of the molecule is CC1(CO)CCN(c2cc(Nc3ccnc(-c4cnn(S(=O)(=O)C5CC5)c4)n3)ncc2C#CC2CCO[C@H]2C(F)(F)F)CC1. The lowest BCUT2D eigenvalue weighted by Crippen LogP contribution is -2.40. The van der Waals surface area contributed by atoms with Crippen LogP contribution in [0.1, 0.15) is 44.6 Å². The van der Waals surface area contributed by atoms with Gasteiger partial charge in [0.05, 0.1) is 40.4 Å². The van der Waals surface area contributed by atoms with Gasteiger partial charge < -0.3 is 20.1 Å². The molecule has 0 bridgehead atoms. The van der Waals surface area contributed by atoms with Crippen molar-refractivity contribution in [3.05, 3.63) is 42.5 Å². The van der Waals surface area contributed by atoms with E-state index in [2.05, 4.69) is 42.1 Å². The highest BCUT2D eigenvalue weighted by atomic mass is 32.2. The van der Waals surface area contributed by atoms with Crippen LogP contribution in [-0.4, -0.2) is 81.5 Å². The Bertz CT molecular complexity index is 1690. The second kappa shape index (κ2) is 11.6. The topological polar surface area (TPSA) is 135 Å². The Hall–Kier alpha value is -3.74. The minimum Gasteiger partial charge on any atom is -0.396 e. The molecule has 3 aliphatic rings. The van der Waals surface area contributed by atoms with Gasteiger partial charge >= 0.3 is 6.18 Å². The van der Waals surface area contributed by atoms with Gasteiger partial charge in [0.1, 0.15) is 11.6 Å². The van der Waals surface area contributed by atoms with Crippen molar-refractivity contribution in [3.8, 4) is 23.2 Å². The third-order valence-electron chi connectivity index (χ3n) is 8.32. The summed E-state index contributed by atoms with van der Waals surface area (Å²) in [7, 11) is -3.53. The Labute approximate surface area is 252 Å². The number of nitrogens with zero attached hydrogens (tertiary/aromatic N) is 6. The Morgan fingerprint density at radius 1 is 1.16 bits per heavy atom. The summed E-state index contributed by atoms with van der Waals surface area (Å²) >= 11 is 0. The van der Waals surface area contributed by atoms with E-state index in [1.807, 2.05) is 6.92 Å². The van der Waals surface area contributed by atoms with E-state index in [0.29, 0.717) is 54.4 Å². The van der Waals surface area contributed by atoms with Gasteiger partial charge in [-0.3, -0.25) is 0 Å². The van der Waals surface area contributed by atoms with Crippen molar-refractivity contribution < 1.29 is 31.4 Å². The number of ether oxygens (including phenoxy) is 1. The van der Waals surface area contributed by atoms with Crippen molar-refractivity contribution in [2.45, 2.75) is 56.6 Å². The van der Waals surface area contributed by atoms with Gasteiger partial charge in [0.25, 0.3) is 10.0 Å². The predicted octanol–water partition coefficient (Wildman–Crippen LogP) is 3.74. The number of nitrogens with one attached hydrogen (secondary N) is 1. The van der Waals surface area contributed by atoms with Gasteiger partial charge in [-0.25, -0.2) is 23.4 Å². The molecule has 1 aliphatic carbocycles. The van der Waals surface area contributed by atoms with E-state index in [1.54, 1.807) is 12.1 Å². The number of aliphatic hydroxyl groups excluding tert-OH is 1. The van der Waals surface area contributed by atoms with E-state index >= 15 is 0 Å². The van der Waals surface area contributed by atoms with Crippen molar-refractivity contribution in [1.29, 1.82) is 0 Å². The fourth-order valence-electron chi connectivity index (χ4n) is 5.32. The quantitative estimate of drug-likeness (QED) is 0.372. The minimum atomic E-state index is -4.49. The zero-order valence-electron chi connectivity index (χ0n) is 24.0. The highest BCUT2D eigenvalue weighted by Gasteiger charge is 2.48. The molecule has 2 atom stereocenters. The molecule has 2 N–H and O–H groups in total. The maximum Gasteiger partial charge on any atom is 0.415 e. The molecule has 15 heteroatoms. The molecule has 5 heterocycles. The number of hydrogen-bond donors (Lipinski definition) is 2. The van der Waals surface area contributed by atoms with Crippen LogP contribution in [0.3, 0.4) is 0 Å². The number of aliphatic hydroxyl groups is 1. The van der Waals surface area contributed by atoms with Crippen LogP contribution in [-0.2, 0) is 14.8 Å². The predicted molar refractivity (Wildman–Crippen MR) is 156 cm³/mol. The molecule has 0 aromatic carbocycles. The van der Waals surface area contributed by atoms with Crippen molar-refractivity contribution in [1.82, 2.24) is 24.1 Å². The van der Waals surface area contributed by atoms with Crippen LogP contribution in [0, 0.1) is 23.2 Å². The highest BCUT2D eigenvalue weighted by molar-refractivity contribution is 7.90. The van der Waals surface area contributed by atoms with Gasteiger partial charge in [-0.1, -0.05) is 18.8 Å². The summed E-state index contributed by atoms with van der Waals surface area (Å²) in [6.45, 7) is 3.34. The maximum atomic E-state index is 13.4. The molecule has 0 spiro atoms. The molecule has 3 aromatic rings. The molecule has 6 rings (SSSR count). The van der Waals surface area contributed by atoms with Gasteiger partial charge in [-0.05, 0) is 43.6 Å². The van der Waals surface area contributed by atoms with E-state index in [9.17, 15) is 26.7 Å². The largest absolute Gasteiger partial charge is 0.415 e. The first-order chi connectivity index (χ1) is 20.9. The molecular formula is C29H32F3N7O4S. The van der Waals surface area contributed by atoms with E-state index in [4.69, 9.17) is 4.74 Å². The lowest BCUT2D eigenvalue weighted by molar-refractivity contribution is -0.212. The number of hydrogen-bond acceptors (Lipinski definition) is 10. The molecular weight excluding hydrogens is 599 g/mol. The first kappa shape index (κ1) is 30.3. The Morgan fingerprint density at radius 2 is 1.93 bits per heavy atom. The third-order valence-corrected chi connectivity index (χ3v) is 10.4. The number of piperidine rings is 1. The first-order valence-corrected chi connectivity index (χ1v) is 15.9. The Morgan fingerprint density at radius 3 is 2.64 bits per heavy atom. The molecule has 3 fully saturated rings. The van der Waals surface area contributed by atoms with E-state index in [0.717, 1.165) is 16.9 Å². The maximum absolute atomic E-state index is 13.4. The first-order valence-electron chi connectivity index (χ1n) is 14.4. The van der Waals surface area contributed by atoms with Gasteiger partial charge in [0, 0.05) is 44.8 Å². The van der Waals surface area contributed by atoms with Gasteiger partial charge in [-0.15, -0.1) is 0 Å². The molecule has 11 nitrogen and oxygen atoms in total. The highest BCUT2D eigenvalue weighted by Crippen LogP contribution is 2.36. The summed E-state index contributed by atoms with van der Waals surface area (Å²) in [6, 6.07) is 3.41. The summed E-state index contributed by atoms with van der Waals surface area (Å²) < 4.78 is 71.2. The summed E-state index contributed by atoms with van der Waals surface area (Å²) in [5, 5.41) is 16.6. The molecule has 1 saturated carbocycles. The summed E-state index contributed by atoms with van der Waals surface area (Å²) in [6.07, 6.45) is 2.33. The molecule has 44 heavy (non-hydrogen) atoms. The Kier molecular flexibility index (Phi) is 8.02. The van der Waals surface area contributed by atoms with Crippen molar-refractivity contribution in [2.24, 2.45) is 11.3 Å². The summed E-state index contributed by atoms with van der Waals surface area (Å²) in [5.41, 5.74) is 1.42. The number of rotatable bonds is 7. The molecule has 3 aromatic heterocycles. The van der Waals surface area contributed by atoms with E-state index in [1.165, 1.54) is 24.8 Å². The third kappa shape index (κ3) is 6.38. The van der Waals surface area contributed by atoms with E-state index < -0.39 is 33.5 Å². The van der Waals surface area contributed by atoms with Crippen LogP contribution in [0.2, 0.25) is 0 Å². The number of anilines is 3. The van der Waals surface area contributed by atoms with Crippen LogP contribution < -0.4 is 10.2 Å². The molecule has 0 radical (unpaired) electrons. The van der Waals surface area contributed by atoms with Crippen LogP contribution in [0.15, 0.2) is 36.9 Å². The second-order valence-electron chi connectivity index (χ2n) is 11.8. The van der Waals surface area contributed by atoms with Crippen molar-refractivity contribution in [2.75, 3.05) is 36.5 Å². The fraction of sp³-hybridized carbons (Fsp3) is 0.517. The number of pyridine rings is 1. The zero-order valence-corrected chi connectivity index (χ0v) is 24.8. The standard InChI is InChI=1S/C29H32F3N7O4S/c1-28(18-40)8-11-38(12-9-28)23-14-25(34-15-20(23)3-2-19-7-13-43-26(19)29(30,31)32)36-24-6-10-33-27(37-24)21-16-35-39(17-21)44(41,42)22-4-5-22/h6,10,14-17,19,22,26,40H,4-5,7-9,11-13,18H2,1H3,(H,33,34,36,37)/t19?,26-/m1/s1. The van der Waals surface area contributed by atoms with Gasteiger partial charge in [-0.2, -0.15) is 22.4 Å². The van der Waals surface area contributed by atoms with Crippen LogP contribution >= 0.6 is 0 Å². The lowest BCUT2D eigenvalue weighted by atomic mass is 9.81. The molecule has 1 unspecified atom stereocenters. The number of halogens is 3. The summed E-state index contributed by atoms with van der Waals surface area (Å²) in [5.74, 6) is 5.85. The van der Waals surface area contributed by atoms with Crippen LogP contribution in [0.5, 0.6) is 0 Å². The average molecular weight is 632 g/mol. The van der Waals surface area contributed by atoms with Crippen LogP contribution in [0.4, 0.5) is 30.5 Å². The molecule has 0 amide bonds. The Balaban J connectivity index is 1.26. The van der Waals surface area contributed by atoms with Gasteiger partial charge in [0.15, 0.2) is 11.9 Å². The molecule has 234 valence electrons. The lowest BCUT2D eigenvalue weighted by Gasteiger charge is -2.39. The second-order valence-corrected chi connectivity index (χ2v) is 13.8. The van der Waals surface area contributed by atoms with Crippen LogP contribution in [0.25, 0.3) is 11.4 Å². The number of alkyl halides is 3. The summed E-state index contributed by atoms with van der Waals surface area (Å²) in [4.78, 5) is 15.3. The molecule has 2 aliphatic heterocycles. The van der Waals surface area contributed by atoms with Crippen molar-refractivity contribution >= 4 is 27.3 Å². The average Bonchev–Trinajstić information content (AvgIpc) is 3.54. The van der Waals surface area contributed by atoms with Crippen molar-refractivity contribution in [3.63, 3.8) is 0 Å². The minimum absolute atomic E-state index is 0.00138. The zero-order chi connectivity index (χ0) is 31.1. The normalized spacial score (nSPS) is 22.0. The monoisotopic (exact) mass is 631 g/mol. The smallest absolute Gasteiger partial charge is 0.396 e. The van der Waals surface area contributed by atoms with E-state index in [-0.39, 0.29) is 30.9 Å². The fourth-order valence-corrected chi connectivity index (χ4v) is 6.80.